The van der Waals surface area contributed by atoms with Gasteiger partial charge in [0.1, 0.15) is 0 Å². The average Bonchev–Trinajstić information content (AvgIpc) is 2.51. The molecule has 1 nitrogen and oxygen atoms in total. The van der Waals surface area contributed by atoms with Gasteiger partial charge in [-0.3, -0.25) is 0 Å². The Kier molecular flexibility index (Phi) is 3.28. The van der Waals surface area contributed by atoms with Crippen LogP contribution in [0, 0.1) is 6.92 Å². The lowest BCUT2D eigenvalue weighted by Crippen LogP contribution is -2.28. The molecule has 0 saturated heterocycles. The van der Waals surface area contributed by atoms with E-state index in [1.165, 1.54) is 22.3 Å². The molecule has 0 saturated carbocycles. The van der Waals surface area contributed by atoms with Crippen molar-refractivity contribution in [2.45, 2.75) is 39.4 Å². The molecule has 0 amide bonds. The molecule has 17 heavy (non-hydrogen) atoms. The second-order valence-electron chi connectivity index (χ2n) is 5.94. The second-order valence-corrected chi connectivity index (χ2v) is 10.5. The van der Waals surface area contributed by atoms with Gasteiger partial charge < -0.3 is 4.43 Å². The van der Waals surface area contributed by atoms with Crippen molar-refractivity contribution in [3.8, 4) is 0 Å². The van der Waals surface area contributed by atoms with Gasteiger partial charge >= 0.3 is 0 Å². The van der Waals surface area contributed by atoms with Crippen LogP contribution < -0.4 is 0 Å². The summed E-state index contributed by atoms with van der Waals surface area (Å²) in [6.07, 6.45) is 2.31. The van der Waals surface area contributed by atoms with E-state index < -0.39 is 8.32 Å². The van der Waals surface area contributed by atoms with E-state index in [-0.39, 0.29) is 0 Å². The Hall–Kier alpha value is -0.863. The van der Waals surface area contributed by atoms with E-state index in [0.29, 0.717) is 5.92 Å². The van der Waals surface area contributed by atoms with Crippen LogP contribution in [0.5, 0.6) is 0 Å². The Balaban J connectivity index is 2.24. The number of hydrogen-bond acceptors (Lipinski definition) is 1. The van der Waals surface area contributed by atoms with Crippen LogP contribution in [0.3, 0.4) is 0 Å². The largest absolute Gasteiger partial charge is 0.417 e. The molecule has 1 aliphatic carbocycles. The van der Waals surface area contributed by atoms with Crippen molar-refractivity contribution >= 4 is 14.4 Å². The molecule has 0 fully saturated rings. The fraction of sp³-hybridized carbons (Fsp3) is 0.467. The molecule has 0 bridgehead atoms. The normalized spacial score (nSPS) is 19.1. The van der Waals surface area contributed by atoms with E-state index in [0.717, 1.165) is 6.61 Å². The molecule has 1 unspecified atom stereocenters. The van der Waals surface area contributed by atoms with Crippen LogP contribution in [0.25, 0.3) is 6.08 Å². The zero-order valence-electron chi connectivity index (χ0n) is 11.5. The summed E-state index contributed by atoms with van der Waals surface area (Å²) in [4.78, 5) is 0. The third-order valence-corrected chi connectivity index (χ3v) is 4.35. The van der Waals surface area contributed by atoms with Crippen LogP contribution in [-0.2, 0) is 4.43 Å². The van der Waals surface area contributed by atoms with E-state index in [4.69, 9.17) is 4.43 Å². The third-order valence-electron chi connectivity index (χ3n) is 3.32. The topological polar surface area (TPSA) is 9.23 Å². The molecule has 0 aliphatic heterocycles. The molecular weight excluding hydrogens is 224 g/mol. The smallest absolute Gasteiger partial charge is 0.183 e. The Morgan fingerprint density at radius 1 is 1.18 bits per heavy atom. The molecule has 0 N–H and O–H groups in total. The van der Waals surface area contributed by atoms with Crippen molar-refractivity contribution in [3.05, 3.63) is 40.5 Å². The number of aryl methyl sites for hydroxylation is 1. The first kappa shape index (κ1) is 12.6. The molecule has 0 radical (unpaired) electrons. The van der Waals surface area contributed by atoms with Crippen molar-refractivity contribution in [3.63, 3.8) is 0 Å². The molecule has 0 aromatic heterocycles. The predicted molar refractivity (Wildman–Crippen MR) is 76.9 cm³/mol. The van der Waals surface area contributed by atoms with Crippen LogP contribution in [0.2, 0.25) is 19.6 Å². The SMILES string of the molecule is CC1=Cc2cccc(C)c2C1CO[Si](C)(C)C. The molecule has 0 heterocycles. The van der Waals surface area contributed by atoms with Gasteiger partial charge in [0.2, 0.25) is 0 Å². The van der Waals surface area contributed by atoms with Gasteiger partial charge in [0.05, 0.1) is 0 Å². The summed E-state index contributed by atoms with van der Waals surface area (Å²) in [6, 6.07) is 6.55. The van der Waals surface area contributed by atoms with Crippen LogP contribution in [0.4, 0.5) is 0 Å². The molecule has 2 heteroatoms. The van der Waals surface area contributed by atoms with Gasteiger partial charge in [0.15, 0.2) is 8.32 Å². The first-order valence-corrected chi connectivity index (χ1v) is 9.71. The Bertz CT molecular complexity index is 454. The van der Waals surface area contributed by atoms with Crippen molar-refractivity contribution in [2.75, 3.05) is 6.61 Å². The first-order chi connectivity index (χ1) is 7.88. The molecule has 1 aromatic rings. The number of hydrogen-bond donors (Lipinski definition) is 0. The van der Waals surface area contributed by atoms with Crippen molar-refractivity contribution in [2.24, 2.45) is 0 Å². The van der Waals surface area contributed by atoms with Crippen LogP contribution >= 0.6 is 0 Å². The summed E-state index contributed by atoms with van der Waals surface area (Å²) < 4.78 is 6.09. The van der Waals surface area contributed by atoms with Crippen molar-refractivity contribution in [1.29, 1.82) is 0 Å². The van der Waals surface area contributed by atoms with Gasteiger partial charge in [-0.25, -0.2) is 0 Å². The van der Waals surface area contributed by atoms with Gasteiger partial charge in [-0.05, 0) is 50.2 Å². The highest BCUT2D eigenvalue weighted by Crippen LogP contribution is 2.38. The lowest BCUT2D eigenvalue weighted by Gasteiger charge is -2.23. The molecule has 1 aliphatic rings. The zero-order chi connectivity index (χ0) is 12.6. The lowest BCUT2D eigenvalue weighted by molar-refractivity contribution is 0.296. The number of rotatable bonds is 3. The molecular formula is C15H22OSi. The highest BCUT2D eigenvalue weighted by atomic mass is 28.4. The quantitative estimate of drug-likeness (QED) is 0.721. The number of fused-ring (bicyclic) bond motifs is 1. The highest BCUT2D eigenvalue weighted by Gasteiger charge is 2.26. The van der Waals surface area contributed by atoms with E-state index in [1.54, 1.807) is 0 Å². The maximum absolute atomic E-state index is 6.09. The van der Waals surface area contributed by atoms with Gasteiger partial charge in [-0.15, -0.1) is 0 Å². The fourth-order valence-corrected chi connectivity index (χ4v) is 3.09. The summed E-state index contributed by atoms with van der Waals surface area (Å²) in [5.41, 5.74) is 5.68. The van der Waals surface area contributed by atoms with Crippen molar-refractivity contribution in [1.82, 2.24) is 0 Å². The molecule has 2 rings (SSSR count). The standard InChI is InChI=1S/C15H22OSi/c1-11-7-6-8-13-9-12(2)14(15(11)13)10-16-17(3,4)5/h6-9,14H,10H2,1-5H3. The minimum Gasteiger partial charge on any atom is -0.417 e. The monoisotopic (exact) mass is 246 g/mol. The predicted octanol–water partition coefficient (Wildman–Crippen LogP) is 4.35. The van der Waals surface area contributed by atoms with E-state index in [1.807, 2.05) is 0 Å². The highest BCUT2D eigenvalue weighted by molar-refractivity contribution is 6.69. The second kappa shape index (κ2) is 4.43. The fourth-order valence-electron chi connectivity index (χ4n) is 2.43. The first-order valence-electron chi connectivity index (χ1n) is 6.30. The Labute approximate surface area is 106 Å². The van der Waals surface area contributed by atoms with Gasteiger partial charge in [0, 0.05) is 12.5 Å². The minimum absolute atomic E-state index is 0.470. The maximum Gasteiger partial charge on any atom is 0.183 e. The van der Waals surface area contributed by atoms with E-state index >= 15 is 0 Å². The Morgan fingerprint density at radius 2 is 1.88 bits per heavy atom. The van der Waals surface area contributed by atoms with Crippen molar-refractivity contribution < 1.29 is 4.43 Å². The average molecular weight is 246 g/mol. The van der Waals surface area contributed by atoms with Crippen LogP contribution in [0.1, 0.15) is 29.5 Å². The maximum atomic E-state index is 6.09. The summed E-state index contributed by atoms with van der Waals surface area (Å²) in [5.74, 6) is 0.470. The molecule has 1 atom stereocenters. The van der Waals surface area contributed by atoms with E-state index in [9.17, 15) is 0 Å². The Morgan fingerprint density at radius 3 is 2.53 bits per heavy atom. The van der Waals surface area contributed by atoms with Gasteiger partial charge in [-0.1, -0.05) is 29.8 Å². The zero-order valence-corrected chi connectivity index (χ0v) is 12.5. The molecule has 92 valence electrons. The van der Waals surface area contributed by atoms with Gasteiger partial charge in [0.25, 0.3) is 0 Å². The summed E-state index contributed by atoms with van der Waals surface area (Å²) in [6.45, 7) is 12.0. The van der Waals surface area contributed by atoms with Crippen LogP contribution in [-0.4, -0.2) is 14.9 Å². The van der Waals surface area contributed by atoms with E-state index in [2.05, 4.69) is 57.8 Å². The lowest BCUT2D eigenvalue weighted by atomic mass is 9.93. The third kappa shape index (κ3) is 2.69. The number of benzene rings is 1. The minimum atomic E-state index is -1.42. The van der Waals surface area contributed by atoms with Gasteiger partial charge in [-0.2, -0.15) is 0 Å². The van der Waals surface area contributed by atoms with Crippen LogP contribution in [0.15, 0.2) is 23.8 Å². The molecule has 1 aromatic carbocycles. The summed E-state index contributed by atoms with van der Waals surface area (Å²) >= 11 is 0. The summed E-state index contributed by atoms with van der Waals surface area (Å²) in [7, 11) is -1.42. The summed E-state index contributed by atoms with van der Waals surface area (Å²) in [5, 5.41) is 0. The molecule has 0 spiro atoms.